The molecule has 108 valence electrons. The third kappa shape index (κ3) is 2.43. The molecule has 3 fully saturated rings. The number of nitrogens with one attached hydrogen (secondary N) is 1. The highest BCUT2D eigenvalue weighted by Crippen LogP contribution is 2.31. The number of halogens is 1. The Kier molecular flexibility index (Phi) is 3.37. The molecule has 20 heavy (non-hydrogen) atoms. The van der Waals surface area contributed by atoms with Gasteiger partial charge in [0, 0.05) is 30.6 Å². The number of piperidine rings is 3. The highest BCUT2D eigenvalue weighted by molar-refractivity contribution is 6.30. The molecule has 2 bridgehead atoms. The van der Waals surface area contributed by atoms with E-state index in [1.807, 2.05) is 18.2 Å². The fourth-order valence-corrected chi connectivity index (χ4v) is 4.08. The van der Waals surface area contributed by atoms with E-state index in [2.05, 4.69) is 10.2 Å². The van der Waals surface area contributed by atoms with Crippen molar-refractivity contribution in [1.29, 1.82) is 0 Å². The molecule has 0 aliphatic carbocycles. The van der Waals surface area contributed by atoms with Crippen LogP contribution in [0.4, 0.5) is 0 Å². The molecule has 3 saturated heterocycles. The second-order valence-corrected chi connectivity index (χ2v) is 6.79. The Morgan fingerprint density at radius 2 is 2.15 bits per heavy atom. The van der Waals surface area contributed by atoms with Gasteiger partial charge in [-0.3, -0.25) is 0 Å². The van der Waals surface area contributed by atoms with E-state index in [0.717, 1.165) is 29.7 Å². The third-order valence-electron chi connectivity index (χ3n) is 5.03. The zero-order valence-corrected chi connectivity index (χ0v) is 12.4. The summed E-state index contributed by atoms with van der Waals surface area (Å²) in [5.74, 6) is 1.88. The molecule has 4 heteroatoms. The Labute approximate surface area is 125 Å². The van der Waals surface area contributed by atoms with E-state index in [4.69, 9.17) is 16.3 Å². The van der Waals surface area contributed by atoms with E-state index in [1.165, 1.54) is 38.0 Å². The highest BCUT2D eigenvalue weighted by atomic mass is 35.5. The van der Waals surface area contributed by atoms with E-state index < -0.39 is 0 Å². The second-order valence-electron chi connectivity index (χ2n) is 6.35. The van der Waals surface area contributed by atoms with Gasteiger partial charge >= 0.3 is 0 Å². The quantitative estimate of drug-likeness (QED) is 0.925. The van der Waals surface area contributed by atoms with Crippen LogP contribution in [-0.2, 0) is 6.42 Å². The van der Waals surface area contributed by atoms with Crippen molar-refractivity contribution in [2.24, 2.45) is 5.92 Å². The predicted octanol–water partition coefficient (Wildman–Crippen LogP) is 2.33. The van der Waals surface area contributed by atoms with Crippen molar-refractivity contribution in [3.05, 3.63) is 28.8 Å². The van der Waals surface area contributed by atoms with Crippen molar-refractivity contribution < 1.29 is 4.74 Å². The number of hydrogen-bond donors (Lipinski definition) is 1. The van der Waals surface area contributed by atoms with E-state index >= 15 is 0 Å². The largest absolute Gasteiger partial charge is 0.488 e. The summed E-state index contributed by atoms with van der Waals surface area (Å²) < 4.78 is 6.00. The first kappa shape index (κ1) is 12.9. The molecule has 3 nitrogen and oxygen atoms in total. The summed E-state index contributed by atoms with van der Waals surface area (Å²) in [5, 5.41) is 4.55. The number of nitrogens with zero attached hydrogens (tertiary/aromatic N) is 1. The molecule has 4 aliphatic heterocycles. The van der Waals surface area contributed by atoms with Crippen molar-refractivity contribution in [3.8, 4) is 5.75 Å². The summed E-state index contributed by atoms with van der Waals surface area (Å²) >= 11 is 6.04. The molecule has 5 rings (SSSR count). The van der Waals surface area contributed by atoms with Gasteiger partial charge in [0.1, 0.15) is 11.9 Å². The van der Waals surface area contributed by atoms with Crippen LogP contribution in [0, 0.1) is 5.92 Å². The molecule has 2 atom stereocenters. The molecule has 0 spiro atoms. The molecule has 0 saturated carbocycles. The zero-order chi connectivity index (χ0) is 13.5. The van der Waals surface area contributed by atoms with Gasteiger partial charge in [-0.2, -0.15) is 0 Å². The van der Waals surface area contributed by atoms with Crippen molar-refractivity contribution in [2.45, 2.75) is 31.4 Å². The van der Waals surface area contributed by atoms with Gasteiger partial charge in [-0.05, 0) is 55.6 Å². The lowest BCUT2D eigenvalue weighted by molar-refractivity contribution is 0.0673. The number of hydrogen-bond acceptors (Lipinski definition) is 3. The molecule has 0 radical (unpaired) electrons. The lowest BCUT2D eigenvalue weighted by Crippen LogP contribution is -2.57. The van der Waals surface area contributed by atoms with E-state index in [0.29, 0.717) is 6.04 Å². The number of rotatable bonds is 3. The lowest BCUT2D eigenvalue weighted by atomic mass is 9.84. The Morgan fingerprint density at radius 1 is 1.30 bits per heavy atom. The lowest BCUT2D eigenvalue weighted by Gasteiger charge is -2.45. The van der Waals surface area contributed by atoms with Crippen LogP contribution in [0.3, 0.4) is 0 Å². The number of benzene rings is 1. The monoisotopic (exact) mass is 292 g/mol. The topological polar surface area (TPSA) is 24.5 Å². The predicted molar refractivity (Wildman–Crippen MR) is 80.5 cm³/mol. The number of ether oxygens (including phenoxy) is 1. The first-order chi connectivity index (χ1) is 9.78. The van der Waals surface area contributed by atoms with Crippen LogP contribution in [0.1, 0.15) is 18.4 Å². The SMILES string of the molecule is Clc1ccc2c(c1)CC(CNC1CN3CCC1CC3)O2. The van der Waals surface area contributed by atoms with Crippen LogP contribution in [-0.4, -0.2) is 43.2 Å². The summed E-state index contributed by atoms with van der Waals surface area (Å²) in [4.78, 5) is 2.59. The van der Waals surface area contributed by atoms with Gasteiger partial charge in [0.25, 0.3) is 0 Å². The Bertz CT molecular complexity index is 499. The van der Waals surface area contributed by atoms with Crippen molar-refractivity contribution in [2.75, 3.05) is 26.2 Å². The van der Waals surface area contributed by atoms with Crippen LogP contribution in [0.25, 0.3) is 0 Å². The van der Waals surface area contributed by atoms with E-state index in [9.17, 15) is 0 Å². The molecule has 2 unspecified atom stereocenters. The summed E-state index contributed by atoms with van der Waals surface area (Å²) in [6.07, 6.45) is 3.96. The van der Waals surface area contributed by atoms with Gasteiger partial charge in [0.05, 0.1) is 0 Å². The number of fused-ring (bicyclic) bond motifs is 4. The molecule has 0 aromatic heterocycles. The summed E-state index contributed by atoms with van der Waals surface area (Å²) in [5.41, 5.74) is 1.25. The molecular weight excluding hydrogens is 272 g/mol. The molecule has 1 aromatic rings. The van der Waals surface area contributed by atoms with Gasteiger partial charge in [-0.15, -0.1) is 0 Å². The molecule has 4 heterocycles. The smallest absolute Gasteiger partial charge is 0.123 e. The summed E-state index contributed by atoms with van der Waals surface area (Å²) in [6, 6.07) is 6.59. The first-order valence-corrected chi connectivity index (χ1v) is 8.06. The minimum atomic E-state index is 0.263. The Morgan fingerprint density at radius 3 is 2.90 bits per heavy atom. The van der Waals surface area contributed by atoms with E-state index in [-0.39, 0.29) is 6.10 Å². The molecule has 4 aliphatic rings. The standard InChI is InChI=1S/C16H21ClN2O/c17-13-1-2-16-12(7-13)8-14(20-16)9-18-15-10-19-5-3-11(15)4-6-19/h1-2,7,11,14-15,18H,3-6,8-10H2. The average molecular weight is 293 g/mol. The first-order valence-electron chi connectivity index (χ1n) is 7.69. The van der Waals surface area contributed by atoms with Crippen LogP contribution >= 0.6 is 11.6 Å². The van der Waals surface area contributed by atoms with Crippen molar-refractivity contribution in [3.63, 3.8) is 0 Å². The fraction of sp³-hybridized carbons (Fsp3) is 0.625. The highest BCUT2D eigenvalue weighted by Gasteiger charge is 2.34. The van der Waals surface area contributed by atoms with Gasteiger partial charge in [-0.25, -0.2) is 0 Å². The Hall–Kier alpha value is -0.770. The molecule has 1 N–H and O–H groups in total. The maximum absolute atomic E-state index is 6.04. The van der Waals surface area contributed by atoms with Crippen molar-refractivity contribution in [1.82, 2.24) is 10.2 Å². The van der Waals surface area contributed by atoms with E-state index in [1.54, 1.807) is 0 Å². The van der Waals surface area contributed by atoms with Gasteiger partial charge in [-0.1, -0.05) is 11.6 Å². The maximum Gasteiger partial charge on any atom is 0.123 e. The van der Waals surface area contributed by atoms with Gasteiger partial charge in [0.2, 0.25) is 0 Å². The van der Waals surface area contributed by atoms with Crippen molar-refractivity contribution >= 4 is 11.6 Å². The minimum Gasteiger partial charge on any atom is -0.488 e. The average Bonchev–Trinajstić information content (AvgIpc) is 2.88. The summed E-state index contributed by atoms with van der Waals surface area (Å²) in [6.45, 7) is 4.76. The van der Waals surface area contributed by atoms with Crippen LogP contribution in [0.5, 0.6) is 5.75 Å². The Balaban J connectivity index is 1.33. The normalized spacial score (nSPS) is 34.9. The van der Waals surface area contributed by atoms with Crippen LogP contribution in [0.2, 0.25) is 5.02 Å². The maximum atomic E-state index is 6.04. The summed E-state index contributed by atoms with van der Waals surface area (Å²) in [7, 11) is 0. The molecule has 1 aromatic carbocycles. The van der Waals surface area contributed by atoms with Crippen LogP contribution < -0.4 is 10.1 Å². The fourth-order valence-electron chi connectivity index (χ4n) is 3.88. The molecule has 0 amide bonds. The minimum absolute atomic E-state index is 0.263. The van der Waals surface area contributed by atoms with Crippen LogP contribution in [0.15, 0.2) is 18.2 Å². The molecular formula is C16H21ClN2O. The third-order valence-corrected chi connectivity index (χ3v) is 5.26. The second kappa shape index (κ2) is 5.21. The van der Waals surface area contributed by atoms with Gasteiger partial charge in [0.15, 0.2) is 0 Å². The zero-order valence-electron chi connectivity index (χ0n) is 11.6. The van der Waals surface area contributed by atoms with Gasteiger partial charge < -0.3 is 15.0 Å².